The highest BCUT2D eigenvalue weighted by Gasteiger charge is 2.14. The van der Waals surface area contributed by atoms with Crippen LogP contribution in [0.4, 0.5) is 0 Å². The van der Waals surface area contributed by atoms with E-state index in [1.165, 1.54) is 0 Å². The predicted octanol–water partition coefficient (Wildman–Crippen LogP) is -0.0762. The highest BCUT2D eigenvalue weighted by molar-refractivity contribution is 7.90. The molecular weight excluding hydrogens is 228 g/mol. The van der Waals surface area contributed by atoms with Crippen molar-refractivity contribution in [1.29, 1.82) is 0 Å². The third kappa shape index (κ3) is 8.67. The van der Waals surface area contributed by atoms with E-state index in [2.05, 4.69) is 10.6 Å². The summed E-state index contributed by atoms with van der Waals surface area (Å²) in [5.74, 6) is -0.140. The second kappa shape index (κ2) is 6.85. The van der Waals surface area contributed by atoms with Crippen LogP contribution in [0.3, 0.4) is 0 Å². The average molecular weight is 250 g/mol. The molecule has 0 rings (SSSR count). The maximum atomic E-state index is 11.5. The second-order valence-electron chi connectivity index (χ2n) is 4.22. The number of carbonyl (C=O) groups excluding carboxylic acids is 1. The molecule has 0 radical (unpaired) electrons. The number of hydrogen-bond donors (Lipinski definition) is 2. The third-order valence-corrected chi connectivity index (χ3v) is 3.11. The van der Waals surface area contributed by atoms with Crippen molar-refractivity contribution < 1.29 is 13.2 Å². The molecule has 0 aromatic rings. The van der Waals surface area contributed by atoms with E-state index in [-0.39, 0.29) is 23.7 Å². The molecule has 0 saturated heterocycles. The van der Waals surface area contributed by atoms with Crippen molar-refractivity contribution in [1.82, 2.24) is 10.6 Å². The van der Waals surface area contributed by atoms with E-state index in [4.69, 9.17) is 0 Å². The Morgan fingerprint density at radius 1 is 1.25 bits per heavy atom. The zero-order valence-electron chi connectivity index (χ0n) is 10.4. The molecule has 6 heteroatoms. The summed E-state index contributed by atoms with van der Waals surface area (Å²) in [4.78, 5) is 11.5. The van der Waals surface area contributed by atoms with Crippen molar-refractivity contribution >= 4 is 15.7 Å². The van der Waals surface area contributed by atoms with E-state index in [1.807, 2.05) is 13.8 Å². The van der Waals surface area contributed by atoms with Gasteiger partial charge in [0.05, 0.1) is 5.75 Å². The number of rotatable bonds is 7. The molecule has 96 valence electrons. The highest BCUT2D eigenvalue weighted by Crippen LogP contribution is 1.94. The lowest BCUT2D eigenvalue weighted by molar-refractivity contribution is -0.121. The Kier molecular flexibility index (Phi) is 6.59. The maximum Gasteiger partial charge on any atom is 0.221 e. The first-order chi connectivity index (χ1) is 7.24. The molecule has 0 aliphatic rings. The number of hydrogen-bond acceptors (Lipinski definition) is 4. The van der Waals surface area contributed by atoms with Gasteiger partial charge in [0.1, 0.15) is 9.84 Å². The topological polar surface area (TPSA) is 75.3 Å². The van der Waals surface area contributed by atoms with Gasteiger partial charge in [-0.1, -0.05) is 6.92 Å². The van der Waals surface area contributed by atoms with Gasteiger partial charge >= 0.3 is 0 Å². The minimum Gasteiger partial charge on any atom is -0.353 e. The summed E-state index contributed by atoms with van der Waals surface area (Å²) in [6, 6.07) is -0.230. The van der Waals surface area contributed by atoms with Gasteiger partial charge in [-0.3, -0.25) is 4.79 Å². The molecule has 0 heterocycles. The zero-order valence-corrected chi connectivity index (χ0v) is 11.2. The van der Waals surface area contributed by atoms with Crippen LogP contribution in [0.25, 0.3) is 0 Å². The van der Waals surface area contributed by atoms with Crippen LogP contribution in [0.2, 0.25) is 0 Å². The molecule has 2 atom stereocenters. The first-order valence-electron chi connectivity index (χ1n) is 5.45. The summed E-state index contributed by atoms with van der Waals surface area (Å²) >= 11 is 0. The zero-order chi connectivity index (χ0) is 12.8. The predicted molar refractivity (Wildman–Crippen MR) is 65.1 cm³/mol. The largest absolute Gasteiger partial charge is 0.353 e. The molecule has 0 aromatic carbocycles. The van der Waals surface area contributed by atoms with Crippen molar-refractivity contribution in [3.05, 3.63) is 0 Å². The second-order valence-corrected chi connectivity index (χ2v) is 6.41. The monoisotopic (exact) mass is 250 g/mol. The summed E-state index contributed by atoms with van der Waals surface area (Å²) in [7, 11) is -3.04. The molecule has 16 heavy (non-hydrogen) atoms. The van der Waals surface area contributed by atoms with Gasteiger partial charge in [0.25, 0.3) is 0 Å². The summed E-state index contributed by atoms with van der Waals surface area (Å²) in [5, 5.41) is 5.79. The Hall–Kier alpha value is -0.620. The maximum absolute atomic E-state index is 11.5. The number of nitrogens with one attached hydrogen (secondary N) is 2. The molecule has 0 spiro atoms. The van der Waals surface area contributed by atoms with Gasteiger partial charge in [-0.25, -0.2) is 8.42 Å². The molecular formula is C10H22N2O3S. The summed E-state index contributed by atoms with van der Waals surface area (Å²) < 4.78 is 22.0. The van der Waals surface area contributed by atoms with Gasteiger partial charge in [0.2, 0.25) is 5.91 Å². The number of sulfone groups is 1. The Labute approximate surface area is 97.9 Å². The van der Waals surface area contributed by atoms with E-state index in [9.17, 15) is 13.2 Å². The standard InChI is InChI=1S/C10H22N2O3S/c1-5-11-8(2)6-10(13)12-9(3)7-16(4,14)15/h8-9,11H,5-7H2,1-4H3,(H,12,13). The minimum absolute atomic E-state index is 0.0195. The number of amides is 1. The van der Waals surface area contributed by atoms with Crippen LogP contribution in [-0.2, 0) is 14.6 Å². The van der Waals surface area contributed by atoms with E-state index in [1.54, 1.807) is 6.92 Å². The molecule has 5 nitrogen and oxygen atoms in total. The van der Waals surface area contributed by atoms with Crippen molar-refractivity contribution in [3.8, 4) is 0 Å². The summed E-state index contributed by atoms with van der Waals surface area (Å²) in [6.07, 6.45) is 1.53. The SMILES string of the molecule is CCNC(C)CC(=O)NC(C)CS(C)(=O)=O. The van der Waals surface area contributed by atoms with E-state index < -0.39 is 9.84 Å². The molecule has 0 fully saturated rings. The van der Waals surface area contributed by atoms with Gasteiger partial charge < -0.3 is 10.6 Å². The van der Waals surface area contributed by atoms with Crippen LogP contribution >= 0.6 is 0 Å². The van der Waals surface area contributed by atoms with Crippen LogP contribution in [0.15, 0.2) is 0 Å². The lowest BCUT2D eigenvalue weighted by Gasteiger charge is -2.15. The Morgan fingerprint density at radius 2 is 1.81 bits per heavy atom. The summed E-state index contributed by atoms with van der Waals surface area (Å²) in [6.45, 7) is 6.40. The van der Waals surface area contributed by atoms with Crippen LogP contribution in [0, 0.1) is 0 Å². The van der Waals surface area contributed by atoms with Crippen LogP contribution in [0.1, 0.15) is 27.2 Å². The molecule has 0 bridgehead atoms. The fraction of sp³-hybridized carbons (Fsp3) is 0.900. The van der Waals surface area contributed by atoms with Crippen molar-refractivity contribution in [2.45, 2.75) is 39.3 Å². The lowest BCUT2D eigenvalue weighted by atomic mass is 10.2. The molecule has 1 amide bonds. The van der Waals surface area contributed by atoms with Crippen molar-refractivity contribution in [2.24, 2.45) is 0 Å². The van der Waals surface area contributed by atoms with E-state index in [0.717, 1.165) is 12.8 Å². The summed E-state index contributed by atoms with van der Waals surface area (Å²) in [5.41, 5.74) is 0. The Morgan fingerprint density at radius 3 is 2.25 bits per heavy atom. The quantitative estimate of drug-likeness (QED) is 0.663. The van der Waals surface area contributed by atoms with Crippen LogP contribution in [0.5, 0.6) is 0 Å². The molecule has 0 aliphatic carbocycles. The third-order valence-electron chi connectivity index (χ3n) is 2.00. The minimum atomic E-state index is -3.04. The lowest BCUT2D eigenvalue weighted by Crippen LogP contribution is -2.40. The van der Waals surface area contributed by atoms with E-state index >= 15 is 0 Å². The van der Waals surface area contributed by atoms with E-state index in [0.29, 0.717) is 6.42 Å². The molecule has 2 N–H and O–H groups in total. The van der Waals surface area contributed by atoms with Gasteiger partial charge in [0, 0.05) is 24.8 Å². The Balaban J connectivity index is 3.96. The number of carbonyl (C=O) groups is 1. The first-order valence-corrected chi connectivity index (χ1v) is 7.51. The van der Waals surface area contributed by atoms with Crippen LogP contribution in [-0.4, -0.2) is 45.0 Å². The normalized spacial score (nSPS) is 15.5. The first kappa shape index (κ1) is 15.4. The van der Waals surface area contributed by atoms with Gasteiger partial charge in [-0.15, -0.1) is 0 Å². The van der Waals surface area contributed by atoms with Crippen LogP contribution < -0.4 is 10.6 Å². The molecule has 0 aliphatic heterocycles. The fourth-order valence-electron chi connectivity index (χ4n) is 1.53. The Bertz CT molecular complexity index is 314. The van der Waals surface area contributed by atoms with Gasteiger partial charge in [-0.05, 0) is 20.4 Å². The van der Waals surface area contributed by atoms with Crippen molar-refractivity contribution in [2.75, 3.05) is 18.6 Å². The smallest absolute Gasteiger partial charge is 0.221 e. The molecule has 2 unspecified atom stereocenters. The fourth-order valence-corrected chi connectivity index (χ4v) is 2.52. The van der Waals surface area contributed by atoms with Gasteiger partial charge in [0.15, 0.2) is 0 Å². The van der Waals surface area contributed by atoms with Crippen molar-refractivity contribution in [3.63, 3.8) is 0 Å². The molecule has 0 saturated carbocycles. The highest BCUT2D eigenvalue weighted by atomic mass is 32.2. The average Bonchev–Trinajstić information content (AvgIpc) is 1.98. The molecule has 0 aromatic heterocycles. The van der Waals surface area contributed by atoms with Gasteiger partial charge in [-0.2, -0.15) is 0 Å².